The standard InChI is InChI=1S/C27H28N4O3S/c32-26(29-22-12-2-1-3-13-22)17-18-31(27-24-15-6-7-16-25(24)35(33,34)30-27)28-19-21-11-8-10-20-9-4-5-14-23(20)21/h4-11,14-16,19,22H,1-3,12-13,17-18H2,(H,29,32). The lowest BCUT2D eigenvalue weighted by Gasteiger charge is -2.24. The van der Waals surface area contributed by atoms with Crippen LogP contribution in [0.15, 0.2) is 81.1 Å². The van der Waals surface area contributed by atoms with Crippen LogP contribution >= 0.6 is 0 Å². The number of rotatable bonds is 6. The Morgan fingerprint density at radius 1 is 1.00 bits per heavy atom. The van der Waals surface area contributed by atoms with Crippen molar-refractivity contribution in [3.05, 3.63) is 77.9 Å². The first kappa shape index (κ1) is 23.2. The Kier molecular flexibility index (Phi) is 6.63. The van der Waals surface area contributed by atoms with Gasteiger partial charge in [-0.25, -0.2) is 5.01 Å². The van der Waals surface area contributed by atoms with Gasteiger partial charge in [0.15, 0.2) is 5.84 Å². The summed E-state index contributed by atoms with van der Waals surface area (Å²) in [5, 5.41) is 11.4. The summed E-state index contributed by atoms with van der Waals surface area (Å²) in [7, 11) is -3.81. The molecule has 1 aliphatic carbocycles. The maximum atomic E-state index is 12.7. The van der Waals surface area contributed by atoms with Crippen molar-refractivity contribution in [2.75, 3.05) is 6.54 Å². The van der Waals surface area contributed by atoms with E-state index in [9.17, 15) is 13.2 Å². The SMILES string of the molecule is O=C(CCN(N=Cc1cccc2ccccc12)C1=NS(=O)(=O)c2ccccc21)NC1CCCCC1. The lowest BCUT2D eigenvalue weighted by atomic mass is 9.95. The number of nitrogens with zero attached hydrogens (tertiary/aromatic N) is 3. The summed E-state index contributed by atoms with van der Waals surface area (Å²) in [5.74, 6) is 0.180. The predicted octanol–water partition coefficient (Wildman–Crippen LogP) is 4.46. The molecule has 1 N–H and O–H groups in total. The van der Waals surface area contributed by atoms with Crippen LogP contribution in [0.2, 0.25) is 0 Å². The fourth-order valence-electron chi connectivity index (χ4n) is 4.74. The molecule has 0 spiro atoms. The molecule has 7 nitrogen and oxygen atoms in total. The molecule has 0 atom stereocenters. The Balaban J connectivity index is 1.43. The highest BCUT2D eigenvalue weighted by Crippen LogP contribution is 2.28. The van der Waals surface area contributed by atoms with Gasteiger partial charge in [0.1, 0.15) is 4.90 Å². The molecule has 0 unspecified atom stereocenters. The van der Waals surface area contributed by atoms with Crippen LogP contribution in [0, 0.1) is 0 Å². The number of nitrogens with one attached hydrogen (secondary N) is 1. The van der Waals surface area contributed by atoms with E-state index < -0.39 is 10.0 Å². The van der Waals surface area contributed by atoms with Gasteiger partial charge in [-0.15, -0.1) is 4.40 Å². The molecule has 1 fully saturated rings. The lowest BCUT2D eigenvalue weighted by Crippen LogP contribution is -2.38. The van der Waals surface area contributed by atoms with Crippen LogP contribution in [-0.4, -0.2) is 44.0 Å². The van der Waals surface area contributed by atoms with Crippen molar-refractivity contribution in [2.45, 2.75) is 49.5 Å². The summed E-state index contributed by atoms with van der Waals surface area (Å²) in [6, 6.07) is 20.9. The summed E-state index contributed by atoms with van der Waals surface area (Å²) in [5.41, 5.74) is 1.39. The van der Waals surface area contributed by atoms with Gasteiger partial charge in [-0.3, -0.25) is 4.79 Å². The second kappa shape index (κ2) is 10.00. The van der Waals surface area contributed by atoms with E-state index in [4.69, 9.17) is 0 Å². The number of carbonyl (C=O) groups is 1. The van der Waals surface area contributed by atoms with E-state index in [1.165, 1.54) is 11.4 Å². The van der Waals surface area contributed by atoms with Crippen LogP contribution in [0.3, 0.4) is 0 Å². The molecule has 0 bridgehead atoms. The molecule has 2 aliphatic rings. The van der Waals surface area contributed by atoms with E-state index in [2.05, 4.69) is 14.8 Å². The minimum Gasteiger partial charge on any atom is -0.353 e. The van der Waals surface area contributed by atoms with Gasteiger partial charge < -0.3 is 5.32 Å². The molecule has 0 saturated heterocycles. The minimum absolute atomic E-state index is 0.0583. The van der Waals surface area contributed by atoms with Gasteiger partial charge >= 0.3 is 0 Å². The predicted molar refractivity (Wildman–Crippen MR) is 138 cm³/mol. The highest BCUT2D eigenvalue weighted by atomic mass is 32.2. The molecule has 8 heteroatoms. The highest BCUT2D eigenvalue weighted by molar-refractivity contribution is 7.90. The van der Waals surface area contributed by atoms with Crippen LogP contribution < -0.4 is 5.32 Å². The van der Waals surface area contributed by atoms with Crippen molar-refractivity contribution in [1.29, 1.82) is 0 Å². The summed E-state index contributed by atoms with van der Waals surface area (Å²) >= 11 is 0. The first-order valence-electron chi connectivity index (χ1n) is 12.0. The minimum atomic E-state index is -3.81. The normalized spacial score (nSPS) is 17.3. The number of fused-ring (bicyclic) bond motifs is 2. The number of hydrazone groups is 1. The van der Waals surface area contributed by atoms with E-state index in [0.717, 1.165) is 42.0 Å². The van der Waals surface area contributed by atoms with Crippen molar-refractivity contribution in [3.8, 4) is 0 Å². The van der Waals surface area contributed by atoms with E-state index >= 15 is 0 Å². The van der Waals surface area contributed by atoms with Gasteiger partial charge in [0, 0.05) is 23.6 Å². The van der Waals surface area contributed by atoms with Crippen molar-refractivity contribution in [1.82, 2.24) is 10.3 Å². The fraction of sp³-hybridized carbons (Fsp3) is 0.296. The first-order chi connectivity index (χ1) is 17.0. The average molecular weight is 489 g/mol. The van der Waals surface area contributed by atoms with E-state index in [-0.39, 0.29) is 35.6 Å². The number of carbonyl (C=O) groups excluding carboxylic acids is 1. The zero-order valence-electron chi connectivity index (χ0n) is 19.4. The number of benzene rings is 3. The number of hydrogen-bond donors (Lipinski definition) is 1. The van der Waals surface area contributed by atoms with Gasteiger partial charge in [0.25, 0.3) is 10.0 Å². The zero-order chi connectivity index (χ0) is 24.3. The molecule has 0 aromatic heterocycles. The molecule has 3 aromatic rings. The maximum Gasteiger partial charge on any atom is 0.285 e. The number of amidine groups is 1. The molecule has 1 heterocycles. The molecular formula is C27H28N4O3S. The molecule has 3 aromatic carbocycles. The van der Waals surface area contributed by atoms with Gasteiger partial charge in [-0.1, -0.05) is 73.9 Å². The van der Waals surface area contributed by atoms with Gasteiger partial charge in [-0.05, 0) is 35.7 Å². The second-order valence-corrected chi connectivity index (χ2v) is 10.5. The van der Waals surface area contributed by atoms with Gasteiger partial charge in [0.05, 0.1) is 12.8 Å². The molecule has 180 valence electrons. The second-order valence-electron chi connectivity index (χ2n) is 8.97. The number of amides is 1. The first-order valence-corrected chi connectivity index (χ1v) is 13.5. The van der Waals surface area contributed by atoms with Gasteiger partial charge in [-0.2, -0.15) is 13.5 Å². The fourth-order valence-corrected chi connectivity index (χ4v) is 5.95. The summed E-state index contributed by atoms with van der Waals surface area (Å²) in [6.45, 7) is 0.211. The molecule has 1 saturated carbocycles. The lowest BCUT2D eigenvalue weighted by molar-refractivity contribution is -0.122. The third kappa shape index (κ3) is 5.12. The molecule has 5 rings (SSSR count). The van der Waals surface area contributed by atoms with Crippen molar-refractivity contribution in [2.24, 2.45) is 9.50 Å². The largest absolute Gasteiger partial charge is 0.353 e. The van der Waals surface area contributed by atoms with Crippen LogP contribution in [0.5, 0.6) is 0 Å². The molecule has 35 heavy (non-hydrogen) atoms. The monoisotopic (exact) mass is 488 g/mol. The summed E-state index contributed by atoms with van der Waals surface area (Å²) in [4.78, 5) is 12.9. The quantitative estimate of drug-likeness (QED) is 0.410. The third-order valence-electron chi connectivity index (χ3n) is 6.54. The molecule has 0 radical (unpaired) electrons. The van der Waals surface area contributed by atoms with Crippen LogP contribution in [0.1, 0.15) is 49.7 Å². The van der Waals surface area contributed by atoms with Crippen molar-refractivity contribution >= 4 is 38.8 Å². The Hall–Kier alpha value is -3.52. The smallest absolute Gasteiger partial charge is 0.285 e. The van der Waals surface area contributed by atoms with Crippen LogP contribution in [0.25, 0.3) is 10.8 Å². The summed E-state index contributed by atoms with van der Waals surface area (Å²) in [6.07, 6.45) is 7.40. The highest BCUT2D eigenvalue weighted by Gasteiger charge is 2.32. The number of hydrogen-bond acceptors (Lipinski definition) is 5. The van der Waals surface area contributed by atoms with E-state index in [1.54, 1.807) is 30.5 Å². The summed E-state index contributed by atoms with van der Waals surface area (Å²) < 4.78 is 29.4. The van der Waals surface area contributed by atoms with Crippen LogP contribution in [-0.2, 0) is 14.8 Å². The maximum absolute atomic E-state index is 12.7. The third-order valence-corrected chi connectivity index (χ3v) is 7.86. The Labute approximate surface area is 205 Å². The van der Waals surface area contributed by atoms with E-state index in [0.29, 0.717) is 5.56 Å². The molecular weight excluding hydrogens is 460 g/mol. The molecule has 1 amide bonds. The number of sulfonamides is 1. The Bertz CT molecular complexity index is 1400. The Morgan fingerprint density at radius 3 is 2.60 bits per heavy atom. The van der Waals surface area contributed by atoms with Crippen molar-refractivity contribution in [3.63, 3.8) is 0 Å². The van der Waals surface area contributed by atoms with Crippen LogP contribution in [0.4, 0.5) is 0 Å². The Morgan fingerprint density at radius 2 is 1.74 bits per heavy atom. The zero-order valence-corrected chi connectivity index (χ0v) is 20.2. The average Bonchev–Trinajstić information content (AvgIpc) is 3.15. The topological polar surface area (TPSA) is 91.2 Å². The van der Waals surface area contributed by atoms with Crippen molar-refractivity contribution < 1.29 is 13.2 Å². The molecule has 1 aliphatic heterocycles. The van der Waals surface area contributed by atoms with Gasteiger partial charge in [0.2, 0.25) is 5.91 Å². The van der Waals surface area contributed by atoms with E-state index in [1.807, 2.05) is 42.5 Å².